The van der Waals surface area contributed by atoms with Crippen LogP contribution in [0.2, 0.25) is 10.0 Å². The standard InChI is InChI=1S/C29H25Cl2N5O2/c1-17-26(27(36-25(33-17)12-13-32-36)20-9-11-22(30)23(31)16-20)29(38)35-14-4-7-24(35)28(37)34-21-10-8-18-5-2-3-6-19(18)15-21/h2-3,5-6,8-13,15-16,24,27,33H,4,7,14H2,1H3,(H,34,37). The van der Waals surface area contributed by atoms with Crippen molar-refractivity contribution >= 4 is 57.3 Å². The molecule has 2 N–H and O–H groups in total. The molecule has 2 aliphatic heterocycles. The van der Waals surface area contributed by atoms with Crippen molar-refractivity contribution < 1.29 is 9.59 Å². The Bertz CT molecular complexity index is 1610. The summed E-state index contributed by atoms with van der Waals surface area (Å²) >= 11 is 12.5. The third-order valence-electron chi connectivity index (χ3n) is 7.23. The Morgan fingerprint density at radius 2 is 1.82 bits per heavy atom. The molecule has 3 heterocycles. The zero-order valence-electron chi connectivity index (χ0n) is 20.6. The summed E-state index contributed by atoms with van der Waals surface area (Å²) in [5.74, 6) is 0.365. The van der Waals surface area contributed by atoms with Crippen molar-refractivity contribution in [2.45, 2.75) is 31.8 Å². The van der Waals surface area contributed by atoms with Crippen LogP contribution in [0.5, 0.6) is 0 Å². The number of carbonyl (C=O) groups is 2. The quantitative estimate of drug-likeness (QED) is 0.317. The minimum atomic E-state index is -0.581. The molecule has 0 spiro atoms. The molecule has 0 aliphatic carbocycles. The van der Waals surface area contributed by atoms with Gasteiger partial charge < -0.3 is 15.5 Å². The maximum atomic E-state index is 14.2. The van der Waals surface area contributed by atoms with Gasteiger partial charge in [0, 0.05) is 24.0 Å². The van der Waals surface area contributed by atoms with Gasteiger partial charge in [0.05, 0.1) is 21.8 Å². The van der Waals surface area contributed by atoms with Gasteiger partial charge in [-0.1, -0.05) is 59.6 Å². The van der Waals surface area contributed by atoms with Crippen LogP contribution >= 0.6 is 23.2 Å². The number of allylic oxidation sites excluding steroid dienone is 1. The highest BCUT2D eigenvalue weighted by Crippen LogP contribution is 2.39. The fourth-order valence-corrected chi connectivity index (χ4v) is 5.71. The van der Waals surface area contributed by atoms with Crippen molar-refractivity contribution in [2.24, 2.45) is 0 Å². The van der Waals surface area contributed by atoms with Crippen molar-refractivity contribution in [3.05, 3.63) is 99.8 Å². The molecular weight excluding hydrogens is 521 g/mol. The Balaban J connectivity index is 1.31. The van der Waals surface area contributed by atoms with E-state index in [1.54, 1.807) is 27.9 Å². The molecule has 3 aromatic carbocycles. The fourth-order valence-electron chi connectivity index (χ4n) is 5.40. The van der Waals surface area contributed by atoms with Crippen molar-refractivity contribution in [3.8, 4) is 0 Å². The smallest absolute Gasteiger partial charge is 0.254 e. The molecule has 0 saturated carbocycles. The fraction of sp³-hybridized carbons (Fsp3) is 0.207. The van der Waals surface area contributed by atoms with Gasteiger partial charge in [-0.15, -0.1) is 0 Å². The summed E-state index contributed by atoms with van der Waals surface area (Å²) in [5, 5.41) is 13.8. The minimum absolute atomic E-state index is 0.195. The zero-order valence-corrected chi connectivity index (χ0v) is 22.1. The monoisotopic (exact) mass is 545 g/mol. The number of likely N-dealkylation sites (tertiary alicyclic amines) is 1. The van der Waals surface area contributed by atoms with Crippen LogP contribution in [0.1, 0.15) is 31.4 Å². The third kappa shape index (κ3) is 4.31. The molecule has 0 bridgehead atoms. The van der Waals surface area contributed by atoms with Gasteiger partial charge in [-0.3, -0.25) is 9.59 Å². The van der Waals surface area contributed by atoms with Crippen LogP contribution in [0.3, 0.4) is 0 Å². The van der Waals surface area contributed by atoms with Crippen molar-refractivity contribution in [1.82, 2.24) is 14.7 Å². The zero-order chi connectivity index (χ0) is 26.4. The lowest BCUT2D eigenvalue weighted by atomic mass is 9.94. The molecule has 4 aromatic rings. The van der Waals surface area contributed by atoms with Crippen LogP contribution in [-0.4, -0.2) is 39.1 Å². The van der Waals surface area contributed by atoms with Gasteiger partial charge in [0.2, 0.25) is 5.91 Å². The van der Waals surface area contributed by atoms with Crippen LogP contribution in [0, 0.1) is 0 Å². The van der Waals surface area contributed by atoms with Gasteiger partial charge in [0.1, 0.15) is 17.9 Å². The first-order valence-electron chi connectivity index (χ1n) is 12.5. The van der Waals surface area contributed by atoms with Gasteiger partial charge in [-0.25, -0.2) is 4.68 Å². The average molecular weight is 546 g/mol. The van der Waals surface area contributed by atoms with Crippen LogP contribution in [-0.2, 0) is 9.59 Å². The number of hydrogen-bond acceptors (Lipinski definition) is 4. The topological polar surface area (TPSA) is 79.3 Å². The first kappa shape index (κ1) is 24.5. The molecule has 2 aliphatic rings. The summed E-state index contributed by atoms with van der Waals surface area (Å²) in [6.07, 6.45) is 3.02. The molecule has 9 heteroatoms. The number of aromatic nitrogens is 2. The Morgan fingerprint density at radius 3 is 2.63 bits per heavy atom. The summed E-state index contributed by atoms with van der Waals surface area (Å²) in [4.78, 5) is 29.3. The Hall–Kier alpha value is -3.81. The van der Waals surface area contributed by atoms with E-state index >= 15 is 0 Å². The molecule has 192 valence electrons. The normalized spacial score (nSPS) is 18.9. The molecule has 2 unspecified atom stereocenters. The summed E-state index contributed by atoms with van der Waals surface area (Å²) in [7, 11) is 0. The van der Waals surface area contributed by atoms with E-state index in [4.69, 9.17) is 23.2 Å². The summed E-state index contributed by atoms with van der Waals surface area (Å²) in [5.41, 5.74) is 2.71. The predicted octanol–water partition coefficient (Wildman–Crippen LogP) is 6.26. The number of benzene rings is 3. The van der Waals surface area contributed by atoms with E-state index in [1.807, 2.05) is 61.5 Å². The first-order valence-corrected chi connectivity index (χ1v) is 13.2. The van der Waals surface area contributed by atoms with Crippen LogP contribution in [0.15, 0.2) is 84.2 Å². The predicted molar refractivity (Wildman–Crippen MR) is 150 cm³/mol. The number of rotatable bonds is 4. The molecular formula is C29H25Cl2N5O2. The van der Waals surface area contributed by atoms with Crippen molar-refractivity contribution in [3.63, 3.8) is 0 Å². The number of hydrogen-bond donors (Lipinski definition) is 2. The maximum Gasteiger partial charge on any atom is 0.254 e. The van der Waals surface area contributed by atoms with E-state index in [2.05, 4.69) is 15.7 Å². The maximum absolute atomic E-state index is 14.2. The molecule has 2 atom stereocenters. The van der Waals surface area contributed by atoms with Crippen molar-refractivity contribution in [1.29, 1.82) is 0 Å². The highest BCUT2D eigenvalue weighted by molar-refractivity contribution is 6.42. The van der Waals surface area contributed by atoms with Crippen molar-refractivity contribution in [2.75, 3.05) is 17.2 Å². The molecule has 7 nitrogen and oxygen atoms in total. The van der Waals surface area contributed by atoms with E-state index in [9.17, 15) is 9.59 Å². The Kier molecular flexibility index (Phi) is 6.33. The molecule has 1 aromatic heterocycles. The minimum Gasteiger partial charge on any atom is -0.344 e. The lowest BCUT2D eigenvalue weighted by Crippen LogP contribution is -2.45. The number of halogens is 2. The van der Waals surface area contributed by atoms with E-state index in [1.165, 1.54) is 0 Å². The second-order valence-electron chi connectivity index (χ2n) is 9.61. The van der Waals surface area contributed by atoms with Gasteiger partial charge >= 0.3 is 0 Å². The molecule has 6 rings (SSSR count). The Morgan fingerprint density at radius 1 is 1.00 bits per heavy atom. The van der Waals surface area contributed by atoms with Gasteiger partial charge in [-0.2, -0.15) is 5.10 Å². The third-order valence-corrected chi connectivity index (χ3v) is 7.97. The van der Waals surface area contributed by atoms with E-state index < -0.39 is 12.1 Å². The summed E-state index contributed by atoms with van der Waals surface area (Å²) in [6.45, 7) is 2.36. The molecule has 1 fully saturated rings. The molecule has 1 saturated heterocycles. The van der Waals surface area contributed by atoms with Gasteiger partial charge in [-0.05, 0) is 60.4 Å². The van der Waals surface area contributed by atoms with Crippen LogP contribution < -0.4 is 10.6 Å². The highest BCUT2D eigenvalue weighted by Gasteiger charge is 2.40. The summed E-state index contributed by atoms with van der Waals surface area (Å²) in [6, 6.07) is 19.9. The lowest BCUT2D eigenvalue weighted by Gasteiger charge is -2.33. The number of nitrogens with one attached hydrogen (secondary N) is 2. The molecule has 0 radical (unpaired) electrons. The van der Waals surface area contributed by atoms with Crippen LogP contribution in [0.4, 0.5) is 11.5 Å². The van der Waals surface area contributed by atoms with E-state index in [0.717, 1.165) is 28.6 Å². The number of nitrogens with zero attached hydrogens (tertiary/aromatic N) is 3. The average Bonchev–Trinajstić information content (AvgIpc) is 3.59. The lowest BCUT2D eigenvalue weighted by molar-refractivity contribution is -0.133. The second kappa shape index (κ2) is 9.82. The second-order valence-corrected chi connectivity index (χ2v) is 10.4. The molecule has 38 heavy (non-hydrogen) atoms. The van der Waals surface area contributed by atoms with Gasteiger partial charge in [0.25, 0.3) is 5.91 Å². The summed E-state index contributed by atoms with van der Waals surface area (Å²) < 4.78 is 1.76. The molecule has 2 amide bonds. The van der Waals surface area contributed by atoms with Crippen LogP contribution in [0.25, 0.3) is 10.8 Å². The largest absolute Gasteiger partial charge is 0.344 e. The SMILES string of the molecule is CC1=C(C(=O)N2CCCC2C(=O)Nc2ccc3ccccc3c2)C(c2ccc(Cl)c(Cl)c2)n2nccc2N1. The highest BCUT2D eigenvalue weighted by atomic mass is 35.5. The Labute approximate surface area is 230 Å². The van der Waals surface area contributed by atoms with E-state index in [-0.39, 0.29) is 11.8 Å². The van der Waals surface area contributed by atoms with Gasteiger partial charge in [0.15, 0.2) is 0 Å². The number of fused-ring (bicyclic) bond motifs is 2. The number of carbonyl (C=O) groups excluding carboxylic acids is 2. The number of anilines is 2. The number of amides is 2. The van der Waals surface area contributed by atoms with E-state index in [0.29, 0.717) is 40.0 Å². The first-order chi connectivity index (χ1) is 18.4.